The number of nitrogens with one attached hydrogen (secondary N) is 1. The fourth-order valence-electron chi connectivity index (χ4n) is 6.45. The zero-order valence-electron chi connectivity index (χ0n) is 15.6. The molecule has 1 aromatic rings. The van der Waals surface area contributed by atoms with Crippen molar-refractivity contribution in [3.8, 4) is 0 Å². The summed E-state index contributed by atoms with van der Waals surface area (Å²) in [5.41, 5.74) is 2.86. The lowest BCUT2D eigenvalue weighted by atomic mass is 9.53. The predicted molar refractivity (Wildman–Crippen MR) is 106 cm³/mol. The van der Waals surface area contributed by atoms with Gasteiger partial charge in [0.1, 0.15) is 6.17 Å². The van der Waals surface area contributed by atoms with Crippen LogP contribution >= 0.6 is 15.9 Å². The van der Waals surface area contributed by atoms with Crippen LogP contribution in [0.3, 0.4) is 0 Å². The SMILES string of the molecule is CC[C@]12CC(C(=O)OC)=C3Nc4ccccc4[C@]34CCN(CC(Br)C1F)[C@H]24. The molecule has 0 amide bonds. The normalized spacial score (nSPS) is 39.5. The first-order chi connectivity index (χ1) is 13.0. The molecule has 1 spiro atoms. The van der Waals surface area contributed by atoms with Crippen molar-refractivity contribution < 1.29 is 13.9 Å². The Hall–Kier alpha value is -1.40. The van der Waals surface area contributed by atoms with E-state index in [0.717, 1.165) is 24.4 Å². The van der Waals surface area contributed by atoms with Gasteiger partial charge < -0.3 is 10.1 Å². The minimum Gasteiger partial charge on any atom is -0.466 e. The largest absolute Gasteiger partial charge is 0.466 e. The van der Waals surface area contributed by atoms with Gasteiger partial charge in [-0.2, -0.15) is 0 Å². The Labute approximate surface area is 167 Å². The second-order valence-corrected chi connectivity index (χ2v) is 9.49. The molecule has 5 rings (SSSR count). The van der Waals surface area contributed by atoms with Gasteiger partial charge in [0.25, 0.3) is 0 Å². The zero-order valence-corrected chi connectivity index (χ0v) is 17.2. The Balaban J connectivity index is 1.82. The first kappa shape index (κ1) is 17.7. The van der Waals surface area contributed by atoms with Crippen LogP contribution in [0.5, 0.6) is 0 Å². The number of carbonyl (C=O) groups excluding carboxylic acids is 1. The Kier molecular flexibility index (Phi) is 3.80. The topological polar surface area (TPSA) is 41.6 Å². The van der Waals surface area contributed by atoms with E-state index in [2.05, 4.69) is 45.2 Å². The third kappa shape index (κ3) is 1.98. The minimum atomic E-state index is -1.01. The summed E-state index contributed by atoms with van der Waals surface area (Å²) in [4.78, 5) is 15.0. The molecule has 144 valence electrons. The second kappa shape index (κ2) is 5.80. The number of carbonyl (C=O) groups is 1. The fraction of sp³-hybridized carbons (Fsp3) is 0.571. The maximum atomic E-state index is 15.8. The number of alkyl halides is 2. The monoisotopic (exact) mass is 434 g/mol. The van der Waals surface area contributed by atoms with Crippen molar-refractivity contribution >= 4 is 27.6 Å². The number of methoxy groups -OCH3 is 1. The third-order valence-electron chi connectivity index (χ3n) is 7.46. The molecule has 3 heterocycles. The van der Waals surface area contributed by atoms with Crippen molar-refractivity contribution in [2.75, 3.05) is 25.5 Å². The number of halogens is 2. The summed E-state index contributed by atoms with van der Waals surface area (Å²) >= 11 is 3.60. The van der Waals surface area contributed by atoms with Gasteiger partial charge >= 0.3 is 5.97 Å². The van der Waals surface area contributed by atoms with Crippen molar-refractivity contribution in [2.24, 2.45) is 5.41 Å². The van der Waals surface area contributed by atoms with Gasteiger partial charge in [-0.3, -0.25) is 4.90 Å². The number of ether oxygens (including phenoxy) is 1. The molecule has 0 radical (unpaired) electrons. The van der Waals surface area contributed by atoms with Gasteiger partial charge in [-0.25, -0.2) is 9.18 Å². The molecule has 27 heavy (non-hydrogen) atoms. The van der Waals surface area contributed by atoms with Crippen molar-refractivity contribution in [3.63, 3.8) is 0 Å². The first-order valence-corrected chi connectivity index (χ1v) is 10.6. The number of benzene rings is 1. The lowest BCUT2D eigenvalue weighted by molar-refractivity contribution is -0.138. The summed E-state index contributed by atoms with van der Waals surface area (Å²) in [6.07, 6.45) is 0.993. The molecule has 0 bridgehead atoms. The quantitative estimate of drug-likeness (QED) is 0.568. The van der Waals surface area contributed by atoms with Gasteiger partial charge in [0.2, 0.25) is 0 Å². The van der Waals surface area contributed by atoms with Crippen LogP contribution in [0.15, 0.2) is 35.5 Å². The predicted octanol–water partition coefficient (Wildman–Crippen LogP) is 3.77. The van der Waals surface area contributed by atoms with Crippen LogP contribution in [0.25, 0.3) is 0 Å². The highest BCUT2D eigenvalue weighted by molar-refractivity contribution is 9.09. The summed E-state index contributed by atoms with van der Waals surface area (Å²) in [5, 5.41) is 3.54. The molecule has 1 aliphatic carbocycles. The average Bonchev–Trinajstić information content (AvgIpc) is 3.24. The van der Waals surface area contributed by atoms with E-state index in [4.69, 9.17) is 4.74 Å². The highest BCUT2D eigenvalue weighted by Gasteiger charge is 2.69. The van der Waals surface area contributed by atoms with E-state index >= 15 is 4.39 Å². The van der Waals surface area contributed by atoms with Crippen LogP contribution < -0.4 is 5.32 Å². The number of hydrogen-bond acceptors (Lipinski definition) is 4. The van der Waals surface area contributed by atoms with Crippen LogP contribution in [-0.4, -0.2) is 48.1 Å². The van der Waals surface area contributed by atoms with Crippen molar-refractivity contribution in [1.29, 1.82) is 0 Å². The Morgan fingerprint density at radius 2 is 2.22 bits per heavy atom. The van der Waals surface area contributed by atoms with Crippen LogP contribution in [0, 0.1) is 5.41 Å². The maximum absolute atomic E-state index is 15.8. The third-order valence-corrected chi connectivity index (χ3v) is 8.21. The van der Waals surface area contributed by atoms with E-state index in [1.54, 1.807) is 0 Å². The van der Waals surface area contributed by atoms with E-state index in [1.807, 2.05) is 12.1 Å². The molecule has 2 unspecified atom stereocenters. The van der Waals surface area contributed by atoms with Crippen LogP contribution in [0.1, 0.15) is 31.7 Å². The Morgan fingerprint density at radius 1 is 1.44 bits per heavy atom. The molecule has 2 fully saturated rings. The molecule has 6 heteroatoms. The van der Waals surface area contributed by atoms with E-state index in [-0.39, 0.29) is 22.3 Å². The van der Waals surface area contributed by atoms with Gasteiger partial charge in [0.05, 0.1) is 22.9 Å². The summed E-state index contributed by atoms with van der Waals surface area (Å²) in [6, 6.07) is 8.31. The summed E-state index contributed by atoms with van der Waals surface area (Å²) in [7, 11) is 1.41. The Bertz CT molecular complexity index is 858. The van der Waals surface area contributed by atoms with Gasteiger partial charge in [-0.1, -0.05) is 41.1 Å². The molecule has 2 saturated heterocycles. The van der Waals surface area contributed by atoms with E-state index in [1.165, 1.54) is 12.7 Å². The van der Waals surface area contributed by atoms with Gasteiger partial charge in [0.15, 0.2) is 0 Å². The molecule has 5 atom stereocenters. The summed E-state index contributed by atoms with van der Waals surface area (Å²) in [5.74, 6) is -0.335. The molecule has 1 aromatic carbocycles. The number of rotatable bonds is 2. The fourth-order valence-corrected chi connectivity index (χ4v) is 7.35. The van der Waals surface area contributed by atoms with Crippen molar-refractivity contribution in [3.05, 3.63) is 41.1 Å². The van der Waals surface area contributed by atoms with Crippen LogP contribution in [0.4, 0.5) is 10.1 Å². The number of anilines is 1. The second-order valence-electron chi connectivity index (χ2n) is 8.32. The first-order valence-electron chi connectivity index (χ1n) is 9.70. The number of para-hydroxylation sites is 1. The number of hydrogen-bond donors (Lipinski definition) is 1. The number of esters is 1. The number of fused-ring (bicyclic) bond motifs is 1. The molecule has 1 N–H and O–H groups in total. The van der Waals surface area contributed by atoms with Crippen molar-refractivity contribution in [2.45, 2.75) is 48.6 Å². The van der Waals surface area contributed by atoms with E-state index < -0.39 is 11.6 Å². The highest BCUT2D eigenvalue weighted by Crippen LogP contribution is 2.66. The summed E-state index contributed by atoms with van der Waals surface area (Å²) in [6.45, 7) is 3.68. The molecular formula is C21H24BrFN2O2. The zero-order chi connectivity index (χ0) is 19.0. The molecule has 4 nitrogen and oxygen atoms in total. The molecule has 3 aliphatic heterocycles. The Morgan fingerprint density at radius 3 is 2.96 bits per heavy atom. The maximum Gasteiger partial charge on any atom is 0.335 e. The van der Waals surface area contributed by atoms with Crippen LogP contribution in [-0.2, 0) is 14.9 Å². The number of piperidine rings is 1. The van der Waals surface area contributed by atoms with Crippen LogP contribution in [0.2, 0.25) is 0 Å². The van der Waals surface area contributed by atoms with Crippen molar-refractivity contribution in [1.82, 2.24) is 4.90 Å². The van der Waals surface area contributed by atoms with E-state index in [9.17, 15) is 4.79 Å². The van der Waals surface area contributed by atoms with Gasteiger partial charge in [0, 0.05) is 29.4 Å². The molecule has 4 aliphatic rings. The summed E-state index contributed by atoms with van der Waals surface area (Å²) < 4.78 is 21.0. The minimum absolute atomic E-state index is 0.0540. The number of nitrogens with zero attached hydrogens (tertiary/aromatic N) is 1. The molecule has 0 aromatic heterocycles. The van der Waals surface area contributed by atoms with Gasteiger partial charge in [-0.15, -0.1) is 0 Å². The molecule has 0 saturated carbocycles. The average molecular weight is 435 g/mol. The highest BCUT2D eigenvalue weighted by atomic mass is 79.9. The standard InChI is InChI=1S/C21H24BrFN2O2/c1-3-20-10-12(18(26)27-2)17-21(13-6-4-5-7-15(13)24-17)8-9-25(19(20)21)11-14(22)16(20)23/h4-7,14,16,19,24H,3,8-11H2,1-2H3/t14?,16?,19-,20+,21-/m1/s1. The van der Waals surface area contributed by atoms with E-state index in [0.29, 0.717) is 25.0 Å². The molecular weight excluding hydrogens is 411 g/mol. The van der Waals surface area contributed by atoms with Gasteiger partial charge in [-0.05, 0) is 37.4 Å². The lowest BCUT2D eigenvalue weighted by Crippen LogP contribution is -2.66. The smallest absolute Gasteiger partial charge is 0.335 e. The lowest BCUT2D eigenvalue weighted by Gasteiger charge is -2.58.